The summed E-state index contributed by atoms with van der Waals surface area (Å²) in [6.45, 7) is 2.08. The van der Waals surface area contributed by atoms with Crippen LogP contribution in [0.1, 0.15) is 38.5 Å². The van der Waals surface area contributed by atoms with Gasteiger partial charge >= 0.3 is 0 Å². The molecule has 3 rings (SSSR count). The van der Waals surface area contributed by atoms with Gasteiger partial charge < -0.3 is 4.90 Å². The van der Waals surface area contributed by atoms with Crippen molar-refractivity contribution in [1.29, 1.82) is 5.26 Å². The Bertz CT molecular complexity index is 589. The maximum atomic E-state index is 10.0. The molecule has 1 aliphatic carbocycles. The SMILES string of the molecule is CSC1=CCCC([C@@]2(C#N)CCCN(c3ccccc3)CC2)C1. The molecule has 1 aromatic carbocycles. The highest BCUT2D eigenvalue weighted by atomic mass is 32.2. The molecule has 0 spiro atoms. The van der Waals surface area contributed by atoms with E-state index in [1.54, 1.807) is 0 Å². The van der Waals surface area contributed by atoms with E-state index in [-0.39, 0.29) is 5.41 Å². The first-order valence-electron chi connectivity index (χ1n) is 8.72. The van der Waals surface area contributed by atoms with E-state index >= 15 is 0 Å². The van der Waals surface area contributed by atoms with E-state index in [0.717, 1.165) is 45.2 Å². The third-order valence-corrected chi connectivity index (χ3v) is 6.46. The molecule has 23 heavy (non-hydrogen) atoms. The van der Waals surface area contributed by atoms with Crippen LogP contribution in [0.2, 0.25) is 0 Å². The molecule has 2 nitrogen and oxygen atoms in total. The molecular weight excluding hydrogens is 300 g/mol. The maximum absolute atomic E-state index is 10.0. The molecule has 0 radical (unpaired) electrons. The van der Waals surface area contributed by atoms with E-state index in [1.807, 2.05) is 11.8 Å². The molecule has 1 unspecified atom stereocenters. The summed E-state index contributed by atoms with van der Waals surface area (Å²) in [5.74, 6) is 0.538. The van der Waals surface area contributed by atoms with Gasteiger partial charge in [0.25, 0.3) is 0 Å². The van der Waals surface area contributed by atoms with Crippen molar-refractivity contribution in [2.75, 3.05) is 24.2 Å². The number of nitriles is 1. The summed E-state index contributed by atoms with van der Waals surface area (Å²) in [6, 6.07) is 13.4. The second kappa shape index (κ2) is 7.45. The number of rotatable bonds is 3. The van der Waals surface area contributed by atoms with E-state index in [9.17, 15) is 5.26 Å². The predicted octanol–water partition coefficient (Wildman–Crippen LogP) is 5.23. The molecule has 0 saturated carbocycles. The van der Waals surface area contributed by atoms with Crippen LogP contribution in [0.15, 0.2) is 41.3 Å². The fourth-order valence-corrected chi connectivity index (χ4v) is 4.83. The number of para-hydroxylation sites is 1. The van der Waals surface area contributed by atoms with Crippen molar-refractivity contribution in [3.63, 3.8) is 0 Å². The predicted molar refractivity (Wildman–Crippen MR) is 99.5 cm³/mol. The smallest absolute Gasteiger partial charge is 0.0693 e. The lowest BCUT2D eigenvalue weighted by atomic mass is 9.67. The molecule has 3 heteroatoms. The standard InChI is InChI=1S/C20H26N2S/c1-23-19-10-5-7-17(15-19)20(16-21)11-6-13-22(14-12-20)18-8-3-2-4-9-18/h2-4,8-10,17H,5-7,11-15H2,1H3/t17?,20-/m0/s1. The van der Waals surface area contributed by atoms with Gasteiger partial charge in [0, 0.05) is 18.8 Å². The largest absolute Gasteiger partial charge is 0.371 e. The van der Waals surface area contributed by atoms with Crippen LogP contribution < -0.4 is 4.90 Å². The van der Waals surface area contributed by atoms with Crippen molar-refractivity contribution in [1.82, 2.24) is 0 Å². The summed E-state index contributed by atoms with van der Waals surface area (Å²) in [7, 11) is 0. The second-order valence-electron chi connectivity index (χ2n) is 6.80. The Hall–Kier alpha value is -1.40. The number of anilines is 1. The van der Waals surface area contributed by atoms with Crippen LogP contribution in [-0.4, -0.2) is 19.3 Å². The number of hydrogen-bond donors (Lipinski definition) is 0. The molecule has 2 aliphatic rings. The van der Waals surface area contributed by atoms with Gasteiger partial charge in [-0.3, -0.25) is 0 Å². The van der Waals surface area contributed by atoms with Crippen LogP contribution >= 0.6 is 11.8 Å². The average molecular weight is 327 g/mol. The zero-order valence-corrected chi connectivity index (χ0v) is 14.8. The lowest BCUT2D eigenvalue weighted by Crippen LogP contribution is -2.32. The molecule has 0 amide bonds. The van der Waals surface area contributed by atoms with Gasteiger partial charge in [0.15, 0.2) is 0 Å². The van der Waals surface area contributed by atoms with Crippen molar-refractivity contribution >= 4 is 17.4 Å². The normalized spacial score (nSPS) is 28.6. The summed E-state index contributed by atoms with van der Waals surface area (Å²) >= 11 is 1.87. The Morgan fingerprint density at radius 1 is 1.22 bits per heavy atom. The fourth-order valence-electron chi connectivity index (χ4n) is 4.18. The van der Waals surface area contributed by atoms with Crippen molar-refractivity contribution in [3.8, 4) is 6.07 Å². The molecule has 122 valence electrons. The van der Waals surface area contributed by atoms with Crippen LogP contribution in [0.25, 0.3) is 0 Å². The minimum Gasteiger partial charge on any atom is -0.371 e. The van der Waals surface area contributed by atoms with Crippen LogP contribution in [0, 0.1) is 22.7 Å². The minimum absolute atomic E-state index is 0.126. The highest BCUT2D eigenvalue weighted by Gasteiger charge is 2.41. The number of hydrogen-bond acceptors (Lipinski definition) is 3. The summed E-state index contributed by atoms with van der Waals surface area (Å²) in [5, 5.41) is 10.0. The lowest BCUT2D eigenvalue weighted by Gasteiger charge is -2.36. The molecule has 1 heterocycles. The first-order valence-corrected chi connectivity index (χ1v) is 9.94. The molecule has 0 N–H and O–H groups in total. The summed E-state index contributed by atoms with van der Waals surface area (Å²) < 4.78 is 0. The van der Waals surface area contributed by atoms with E-state index in [1.165, 1.54) is 17.0 Å². The molecule has 2 atom stereocenters. The van der Waals surface area contributed by atoms with E-state index in [4.69, 9.17) is 0 Å². The summed E-state index contributed by atoms with van der Waals surface area (Å²) in [5.41, 5.74) is 1.17. The first-order chi connectivity index (χ1) is 11.3. The van der Waals surface area contributed by atoms with Gasteiger partial charge in [-0.2, -0.15) is 5.26 Å². The molecule has 1 aromatic rings. The number of nitrogens with zero attached hydrogens (tertiary/aromatic N) is 2. The monoisotopic (exact) mass is 326 g/mol. The Labute approximate surface area is 144 Å². The van der Waals surface area contributed by atoms with Gasteiger partial charge in [-0.1, -0.05) is 24.3 Å². The second-order valence-corrected chi connectivity index (χ2v) is 7.73. The van der Waals surface area contributed by atoms with Gasteiger partial charge in [-0.25, -0.2) is 0 Å². The third kappa shape index (κ3) is 3.58. The maximum Gasteiger partial charge on any atom is 0.0693 e. The molecule has 0 bridgehead atoms. The summed E-state index contributed by atoms with van der Waals surface area (Å²) in [4.78, 5) is 3.95. The highest BCUT2D eigenvalue weighted by molar-refractivity contribution is 8.02. The molecule has 1 fully saturated rings. The Balaban J connectivity index is 1.74. The Morgan fingerprint density at radius 2 is 2.04 bits per heavy atom. The van der Waals surface area contributed by atoms with Crippen LogP contribution in [0.3, 0.4) is 0 Å². The molecule has 0 aromatic heterocycles. The summed E-state index contributed by atoms with van der Waals surface area (Å²) in [6.07, 6.45) is 11.2. The average Bonchev–Trinajstić information content (AvgIpc) is 2.86. The van der Waals surface area contributed by atoms with Gasteiger partial charge in [0.2, 0.25) is 0 Å². The number of benzene rings is 1. The van der Waals surface area contributed by atoms with Gasteiger partial charge in [-0.15, -0.1) is 11.8 Å². The van der Waals surface area contributed by atoms with Crippen molar-refractivity contribution in [2.45, 2.75) is 38.5 Å². The topological polar surface area (TPSA) is 27.0 Å². The van der Waals surface area contributed by atoms with Crippen molar-refractivity contribution in [2.24, 2.45) is 11.3 Å². The van der Waals surface area contributed by atoms with E-state index in [2.05, 4.69) is 53.6 Å². The first kappa shape index (κ1) is 16.5. The Morgan fingerprint density at radius 3 is 2.78 bits per heavy atom. The number of allylic oxidation sites excluding steroid dienone is 2. The van der Waals surface area contributed by atoms with Gasteiger partial charge in [-0.05, 0) is 67.7 Å². The Kier molecular flexibility index (Phi) is 5.33. The van der Waals surface area contributed by atoms with Gasteiger partial charge in [0.1, 0.15) is 0 Å². The van der Waals surface area contributed by atoms with Gasteiger partial charge in [0.05, 0.1) is 11.5 Å². The lowest BCUT2D eigenvalue weighted by molar-refractivity contribution is 0.196. The van der Waals surface area contributed by atoms with E-state index < -0.39 is 0 Å². The zero-order valence-electron chi connectivity index (χ0n) is 14.0. The van der Waals surface area contributed by atoms with Crippen molar-refractivity contribution in [3.05, 3.63) is 41.3 Å². The zero-order chi connectivity index (χ0) is 16.1. The molecule has 1 saturated heterocycles. The third-order valence-electron chi connectivity index (χ3n) is 5.60. The molecular formula is C20H26N2S. The quantitative estimate of drug-likeness (QED) is 0.760. The van der Waals surface area contributed by atoms with E-state index in [0.29, 0.717) is 5.92 Å². The minimum atomic E-state index is -0.126. The molecule has 1 aliphatic heterocycles. The number of thioether (sulfide) groups is 1. The van der Waals surface area contributed by atoms with Crippen LogP contribution in [0.5, 0.6) is 0 Å². The van der Waals surface area contributed by atoms with Crippen LogP contribution in [-0.2, 0) is 0 Å². The highest BCUT2D eigenvalue weighted by Crippen LogP contribution is 2.47. The fraction of sp³-hybridized carbons (Fsp3) is 0.550. The van der Waals surface area contributed by atoms with Crippen molar-refractivity contribution < 1.29 is 0 Å². The van der Waals surface area contributed by atoms with Crippen LogP contribution in [0.4, 0.5) is 5.69 Å².